The lowest BCUT2D eigenvalue weighted by Gasteiger charge is -2.34. The van der Waals surface area contributed by atoms with E-state index in [1.807, 2.05) is 0 Å². The van der Waals surface area contributed by atoms with Crippen LogP contribution in [-0.4, -0.2) is 67.5 Å². The van der Waals surface area contributed by atoms with Gasteiger partial charge in [-0.05, 0) is 38.8 Å². The first-order chi connectivity index (χ1) is 9.47. The fourth-order valence-electron chi connectivity index (χ4n) is 2.79. The summed E-state index contributed by atoms with van der Waals surface area (Å²) in [7, 11) is 2.18. The Kier molecular flexibility index (Phi) is 9.18. The smallest absolute Gasteiger partial charge is 0.0714 e. The first-order valence-electron chi connectivity index (χ1n) is 8.18. The Bertz CT molecular complexity index is 249. The molecular formula is C16H34N2OS. The molecule has 1 fully saturated rings. The van der Waals surface area contributed by atoms with Crippen molar-refractivity contribution in [2.45, 2.75) is 51.4 Å². The highest BCUT2D eigenvalue weighted by molar-refractivity contribution is 7.80. The van der Waals surface area contributed by atoms with Crippen LogP contribution in [0.15, 0.2) is 0 Å². The number of thiol groups is 1. The first-order valence-corrected chi connectivity index (χ1v) is 8.69. The van der Waals surface area contributed by atoms with Gasteiger partial charge in [-0.3, -0.25) is 4.90 Å². The predicted molar refractivity (Wildman–Crippen MR) is 90.8 cm³/mol. The molecule has 0 aromatic carbocycles. The second-order valence-electron chi connectivity index (χ2n) is 6.73. The quantitative estimate of drug-likeness (QED) is 0.660. The fourth-order valence-corrected chi connectivity index (χ4v) is 3.07. The van der Waals surface area contributed by atoms with Crippen LogP contribution in [0.3, 0.4) is 0 Å². The zero-order valence-corrected chi connectivity index (χ0v) is 14.7. The van der Waals surface area contributed by atoms with Gasteiger partial charge >= 0.3 is 0 Å². The third-order valence-electron chi connectivity index (χ3n) is 3.89. The molecule has 0 amide bonds. The summed E-state index contributed by atoms with van der Waals surface area (Å²) in [5.74, 6) is 0.823. The van der Waals surface area contributed by atoms with Crippen LogP contribution < -0.4 is 0 Å². The van der Waals surface area contributed by atoms with Crippen molar-refractivity contribution in [3.8, 4) is 0 Å². The van der Waals surface area contributed by atoms with Crippen LogP contribution in [0.2, 0.25) is 0 Å². The minimum Gasteiger partial charge on any atom is -0.376 e. The van der Waals surface area contributed by atoms with Gasteiger partial charge in [0, 0.05) is 31.4 Å². The van der Waals surface area contributed by atoms with Gasteiger partial charge in [0.2, 0.25) is 0 Å². The molecule has 0 aromatic heterocycles. The van der Waals surface area contributed by atoms with Gasteiger partial charge in [0.25, 0.3) is 0 Å². The van der Waals surface area contributed by atoms with Crippen LogP contribution >= 0.6 is 12.6 Å². The molecule has 0 radical (unpaired) electrons. The zero-order chi connectivity index (χ0) is 15.0. The minimum absolute atomic E-state index is 0.417. The van der Waals surface area contributed by atoms with Crippen LogP contribution in [0.25, 0.3) is 0 Å². The molecule has 1 unspecified atom stereocenters. The van der Waals surface area contributed by atoms with Gasteiger partial charge < -0.3 is 9.64 Å². The number of nitrogens with zero attached hydrogens (tertiary/aromatic N) is 2. The molecule has 0 spiro atoms. The summed E-state index contributed by atoms with van der Waals surface area (Å²) in [6, 6.07) is 0. The Morgan fingerprint density at radius 1 is 1.35 bits per heavy atom. The SMILES string of the molecule is CC(C)CCCN1CCO[C@H](CCN(C)CC(C)S)C1. The molecular weight excluding hydrogens is 268 g/mol. The molecule has 0 saturated carbocycles. The van der Waals surface area contributed by atoms with Gasteiger partial charge in [-0.25, -0.2) is 0 Å². The van der Waals surface area contributed by atoms with Gasteiger partial charge in [0.1, 0.15) is 0 Å². The van der Waals surface area contributed by atoms with Crippen LogP contribution in [-0.2, 0) is 4.74 Å². The van der Waals surface area contributed by atoms with E-state index >= 15 is 0 Å². The Hall–Kier alpha value is 0.230. The molecule has 1 saturated heterocycles. The topological polar surface area (TPSA) is 15.7 Å². The third-order valence-corrected chi connectivity index (χ3v) is 4.05. The maximum Gasteiger partial charge on any atom is 0.0714 e. The van der Waals surface area contributed by atoms with E-state index < -0.39 is 0 Å². The normalized spacial score (nSPS) is 22.6. The van der Waals surface area contributed by atoms with Crippen LogP contribution in [0.1, 0.15) is 40.0 Å². The van der Waals surface area contributed by atoms with Gasteiger partial charge in [0.15, 0.2) is 0 Å². The molecule has 0 aromatic rings. The second kappa shape index (κ2) is 10.0. The maximum atomic E-state index is 5.90. The van der Waals surface area contributed by atoms with Gasteiger partial charge in [-0.1, -0.05) is 20.8 Å². The van der Waals surface area contributed by atoms with E-state index in [9.17, 15) is 0 Å². The Labute approximate surface area is 131 Å². The van der Waals surface area contributed by atoms with Crippen molar-refractivity contribution in [3.05, 3.63) is 0 Å². The highest BCUT2D eigenvalue weighted by Crippen LogP contribution is 2.12. The average Bonchev–Trinajstić information content (AvgIpc) is 2.36. The highest BCUT2D eigenvalue weighted by Gasteiger charge is 2.20. The number of morpholine rings is 1. The summed E-state index contributed by atoms with van der Waals surface area (Å²) >= 11 is 4.45. The van der Waals surface area contributed by atoms with Crippen molar-refractivity contribution < 1.29 is 4.74 Å². The van der Waals surface area contributed by atoms with Crippen molar-refractivity contribution in [2.75, 3.05) is 46.4 Å². The summed E-state index contributed by atoms with van der Waals surface area (Å²) in [6.45, 7) is 13.3. The van der Waals surface area contributed by atoms with Crippen molar-refractivity contribution >= 4 is 12.6 Å². The molecule has 1 aliphatic heterocycles. The standard InChI is InChI=1S/C16H34N2OS/c1-14(2)6-5-8-18-10-11-19-16(13-18)7-9-17(4)12-15(3)20/h14-16,20H,5-13H2,1-4H3/t15?,16-/m1/s1. The number of hydrogen-bond acceptors (Lipinski definition) is 4. The summed E-state index contributed by atoms with van der Waals surface area (Å²) < 4.78 is 5.90. The zero-order valence-electron chi connectivity index (χ0n) is 13.8. The van der Waals surface area contributed by atoms with Crippen molar-refractivity contribution in [1.29, 1.82) is 0 Å². The monoisotopic (exact) mass is 302 g/mol. The van der Waals surface area contributed by atoms with E-state index in [-0.39, 0.29) is 0 Å². The molecule has 0 aliphatic carbocycles. The van der Waals surface area contributed by atoms with E-state index in [1.54, 1.807) is 0 Å². The van der Waals surface area contributed by atoms with Gasteiger partial charge in [-0.2, -0.15) is 12.6 Å². The number of ether oxygens (including phenoxy) is 1. The second-order valence-corrected chi connectivity index (χ2v) is 7.61. The molecule has 3 nitrogen and oxygen atoms in total. The first kappa shape index (κ1) is 18.3. The molecule has 0 bridgehead atoms. The van der Waals surface area contributed by atoms with Gasteiger partial charge in [-0.15, -0.1) is 0 Å². The molecule has 2 atom stereocenters. The molecule has 1 aliphatic rings. The van der Waals surface area contributed by atoms with Crippen molar-refractivity contribution in [2.24, 2.45) is 5.92 Å². The summed E-state index contributed by atoms with van der Waals surface area (Å²) in [5, 5.41) is 0.444. The van der Waals surface area contributed by atoms with E-state index in [0.29, 0.717) is 11.4 Å². The van der Waals surface area contributed by atoms with E-state index in [1.165, 1.54) is 19.4 Å². The summed E-state index contributed by atoms with van der Waals surface area (Å²) in [5.41, 5.74) is 0. The number of rotatable bonds is 9. The lowest BCUT2D eigenvalue weighted by molar-refractivity contribution is -0.0353. The molecule has 1 heterocycles. The van der Waals surface area contributed by atoms with Crippen molar-refractivity contribution in [1.82, 2.24) is 9.80 Å². The minimum atomic E-state index is 0.417. The average molecular weight is 303 g/mol. The Morgan fingerprint density at radius 3 is 2.75 bits per heavy atom. The van der Waals surface area contributed by atoms with E-state index in [2.05, 4.69) is 50.2 Å². The maximum absolute atomic E-state index is 5.90. The van der Waals surface area contributed by atoms with Crippen molar-refractivity contribution in [3.63, 3.8) is 0 Å². The highest BCUT2D eigenvalue weighted by atomic mass is 32.1. The van der Waals surface area contributed by atoms with Crippen LogP contribution in [0.4, 0.5) is 0 Å². The fraction of sp³-hybridized carbons (Fsp3) is 1.00. The predicted octanol–water partition coefficient (Wildman–Crippen LogP) is 2.76. The number of hydrogen-bond donors (Lipinski definition) is 1. The molecule has 20 heavy (non-hydrogen) atoms. The van der Waals surface area contributed by atoms with Gasteiger partial charge in [0.05, 0.1) is 12.7 Å². The third kappa shape index (κ3) is 8.50. The molecule has 4 heteroatoms. The van der Waals surface area contributed by atoms with E-state index in [4.69, 9.17) is 4.74 Å². The summed E-state index contributed by atoms with van der Waals surface area (Å²) in [4.78, 5) is 4.94. The molecule has 0 N–H and O–H groups in total. The van der Waals surface area contributed by atoms with E-state index in [0.717, 1.165) is 45.1 Å². The Morgan fingerprint density at radius 2 is 2.10 bits per heavy atom. The largest absolute Gasteiger partial charge is 0.376 e. The van der Waals surface area contributed by atoms with Crippen LogP contribution in [0, 0.1) is 5.92 Å². The lowest BCUT2D eigenvalue weighted by Crippen LogP contribution is -2.44. The molecule has 120 valence electrons. The summed E-state index contributed by atoms with van der Waals surface area (Å²) in [6.07, 6.45) is 4.21. The molecule has 1 rings (SSSR count). The Balaban J connectivity index is 2.16. The van der Waals surface area contributed by atoms with Crippen LogP contribution in [0.5, 0.6) is 0 Å². The lowest BCUT2D eigenvalue weighted by atomic mass is 10.1.